The summed E-state index contributed by atoms with van der Waals surface area (Å²) in [5, 5.41) is 3.41. The predicted octanol–water partition coefficient (Wildman–Crippen LogP) is 3.59. The van der Waals surface area contributed by atoms with E-state index in [4.69, 9.17) is 11.6 Å². The van der Waals surface area contributed by atoms with Crippen LogP contribution in [0.25, 0.3) is 0 Å². The van der Waals surface area contributed by atoms with Gasteiger partial charge < -0.3 is 10.2 Å². The number of amides is 2. The third-order valence-electron chi connectivity index (χ3n) is 4.42. The maximum Gasteiger partial charge on any atom is 0.247 e. The number of hydrogen-bond acceptors (Lipinski definition) is 3. The lowest BCUT2D eigenvalue weighted by molar-refractivity contribution is -0.134. The maximum absolute atomic E-state index is 12.8. The third-order valence-corrected chi connectivity index (χ3v) is 4.93. The lowest BCUT2D eigenvalue weighted by atomic mass is 9.96. The number of carbonyl (C=O) groups is 2. The van der Waals surface area contributed by atoms with Crippen LogP contribution in [0.2, 0.25) is 5.02 Å². The summed E-state index contributed by atoms with van der Waals surface area (Å²) < 4.78 is 0. The Bertz CT molecular complexity index is 769. The minimum atomic E-state index is -0.510. The standard InChI is InChI=1S/C19H19ClN2O2S/c20-15-7-4-8-16(10-15)21-19(24)17-9-14(11-22(17)18(23)12-25)13-5-2-1-3-6-13/h1-8,10,14,17,25H,9,11-12H2,(H,21,24)/t14-,17+/m0/s1. The topological polar surface area (TPSA) is 49.4 Å². The summed E-state index contributed by atoms with van der Waals surface area (Å²) in [7, 11) is 0. The molecule has 2 amide bonds. The van der Waals surface area contributed by atoms with Crippen molar-refractivity contribution in [2.75, 3.05) is 17.6 Å². The highest BCUT2D eigenvalue weighted by molar-refractivity contribution is 7.81. The van der Waals surface area contributed by atoms with E-state index >= 15 is 0 Å². The van der Waals surface area contributed by atoms with Crippen molar-refractivity contribution in [2.24, 2.45) is 0 Å². The zero-order valence-electron chi connectivity index (χ0n) is 13.6. The van der Waals surface area contributed by atoms with Gasteiger partial charge in [0.15, 0.2) is 0 Å². The molecule has 1 heterocycles. The molecule has 0 bridgehead atoms. The molecule has 2 atom stereocenters. The van der Waals surface area contributed by atoms with Gasteiger partial charge in [0.05, 0.1) is 5.75 Å². The van der Waals surface area contributed by atoms with Gasteiger partial charge in [-0.05, 0) is 30.2 Å². The van der Waals surface area contributed by atoms with Crippen LogP contribution >= 0.6 is 24.2 Å². The molecule has 3 rings (SSSR count). The second-order valence-corrected chi connectivity index (χ2v) is 6.82. The second kappa shape index (κ2) is 7.93. The molecular formula is C19H19ClN2O2S. The fourth-order valence-corrected chi connectivity index (χ4v) is 3.58. The summed E-state index contributed by atoms with van der Waals surface area (Å²) >= 11 is 10.1. The van der Waals surface area contributed by atoms with Crippen molar-refractivity contribution in [3.8, 4) is 0 Å². The van der Waals surface area contributed by atoms with E-state index in [-0.39, 0.29) is 23.5 Å². The number of thiol groups is 1. The number of benzene rings is 2. The zero-order valence-corrected chi connectivity index (χ0v) is 15.2. The monoisotopic (exact) mass is 374 g/mol. The van der Waals surface area contributed by atoms with Crippen LogP contribution in [0.5, 0.6) is 0 Å². The minimum Gasteiger partial charge on any atom is -0.329 e. The Morgan fingerprint density at radius 1 is 1.16 bits per heavy atom. The molecule has 6 heteroatoms. The van der Waals surface area contributed by atoms with Gasteiger partial charge in [-0.3, -0.25) is 9.59 Å². The van der Waals surface area contributed by atoms with Crippen molar-refractivity contribution < 1.29 is 9.59 Å². The van der Waals surface area contributed by atoms with Crippen LogP contribution < -0.4 is 5.32 Å². The van der Waals surface area contributed by atoms with Gasteiger partial charge in [0.25, 0.3) is 0 Å². The fraction of sp³-hybridized carbons (Fsp3) is 0.263. The molecule has 25 heavy (non-hydrogen) atoms. The van der Waals surface area contributed by atoms with E-state index in [1.54, 1.807) is 29.2 Å². The van der Waals surface area contributed by atoms with E-state index in [1.807, 2.05) is 30.3 Å². The van der Waals surface area contributed by atoms with Crippen molar-refractivity contribution in [1.82, 2.24) is 4.90 Å². The molecule has 1 fully saturated rings. The number of likely N-dealkylation sites (tertiary alicyclic amines) is 1. The summed E-state index contributed by atoms with van der Waals surface area (Å²) in [6, 6.07) is 16.4. The highest BCUT2D eigenvalue weighted by atomic mass is 35.5. The highest BCUT2D eigenvalue weighted by Gasteiger charge is 2.39. The molecule has 0 aliphatic carbocycles. The largest absolute Gasteiger partial charge is 0.329 e. The van der Waals surface area contributed by atoms with Crippen molar-refractivity contribution in [3.05, 3.63) is 65.2 Å². The number of anilines is 1. The van der Waals surface area contributed by atoms with E-state index in [2.05, 4.69) is 17.9 Å². The average Bonchev–Trinajstić information content (AvgIpc) is 3.07. The normalized spacial score (nSPS) is 19.7. The van der Waals surface area contributed by atoms with Gasteiger partial charge >= 0.3 is 0 Å². The van der Waals surface area contributed by atoms with Gasteiger partial charge in [-0.25, -0.2) is 0 Å². The highest BCUT2D eigenvalue weighted by Crippen LogP contribution is 2.32. The Labute approximate surface area is 157 Å². The second-order valence-electron chi connectivity index (χ2n) is 6.06. The number of halogens is 1. The first kappa shape index (κ1) is 17.8. The molecule has 0 aromatic heterocycles. The molecule has 1 aliphatic heterocycles. The Kier molecular flexibility index (Phi) is 5.66. The number of nitrogens with one attached hydrogen (secondary N) is 1. The molecule has 0 spiro atoms. The van der Waals surface area contributed by atoms with Crippen molar-refractivity contribution >= 4 is 41.7 Å². The molecular weight excluding hydrogens is 356 g/mol. The SMILES string of the molecule is O=C(Nc1cccc(Cl)c1)[C@H]1C[C@H](c2ccccc2)CN1C(=O)CS. The molecule has 1 aliphatic rings. The molecule has 1 N–H and O–H groups in total. The van der Waals surface area contributed by atoms with Gasteiger partial charge in [0.1, 0.15) is 6.04 Å². The molecule has 0 saturated carbocycles. The number of rotatable bonds is 4. The van der Waals surface area contributed by atoms with E-state index < -0.39 is 6.04 Å². The molecule has 0 unspecified atom stereocenters. The van der Waals surface area contributed by atoms with Crippen LogP contribution in [0.15, 0.2) is 54.6 Å². The van der Waals surface area contributed by atoms with Crippen molar-refractivity contribution in [3.63, 3.8) is 0 Å². The van der Waals surface area contributed by atoms with Crippen molar-refractivity contribution in [1.29, 1.82) is 0 Å². The lowest BCUT2D eigenvalue weighted by Crippen LogP contribution is -2.43. The first-order valence-electron chi connectivity index (χ1n) is 8.10. The molecule has 130 valence electrons. The van der Waals surface area contributed by atoms with Crippen LogP contribution in [0.1, 0.15) is 17.9 Å². The Morgan fingerprint density at radius 3 is 2.60 bits per heavy atom. The summed E-state index contributed by atoms with van der Waals surface area (Å²) in [4.78, 5) is 26.7. The molecule has 1 saturated heterocycles. The summed E-state index contributed by atoms with van der Waals surface area (Å²) in [6.07, 6.45) is 0.593. The Hall–Kier alpha value is -1.98. The van der Waals surface area contributed by atoms with Gasteiger partial charge in [0.2, 0.25) is 11.8 Å². The van der Waals surface area contributed by atoms with Gasteiger partial charge in [-0.2, -0.15) is 12.6 Å². The summed E-state index contributed by atoms with van der Waals surface area (Å²) in [6.45, 7) is 0.525. The quantitative estimate of drug-likeness (QED) is 0.803. The van der Waals surface area contributed by atoms with Crippen LogP contribution in [0.3, 0.4) is 0 Å². The molecule has 0 radical (unpaired) electrons. The van der Waals surface area contributed by atoms with Gasteiger partial charge in [-0.1, -0.05) is 48.0 Å². The van der Waals surface area contributed by atoms with Crippen LogP contribution in [-0.2, 0) is 9.59 Å². The van der Waals surface area contributed by atoms with E-state index in [0.717, 1.165) is 5.56 Å². The Morgan fingerprint density at radius 2 is 1.92 bits per heavy atom. The van der Waals surface area contributed by atoms with Crippen LogP contribution in [0.4, 0.5) is 5.69 Å². The van der Waals surface area contributed by atoms with Crippen LogP contribution in [0, 0.1) is 0 Å². The fourth-order valence-electron chi connectivity index (χ4n) is 3.21. The summed E-state index contributed by atoms with van der Waals surface area (Å²) in [5.74, 6) is -0.105. The number of carbonyl (C=O) groups excluding carboxylic acids is 2. The average molecular weight is 375 g/mol. The molecule has 2 aromatic rings. The van der Waals surface area contributed by atoms with Gasteiger partial charge in [0, 0.05) is 23.2 Å². The zero-order chi connectivity index (χ0) is 17.8. The van der Waals surface area contributed by atoms with E-state index in [1.165, 1.54) is 0 Å². The number of hydrogen-bond donors (Lipinski definition) is 2. The third kappa shape index (κ3) is 4.17. The maximum atomic E-state index is 12.8. The summed E-state index contributed by atoms with van der Waals surface area (Å²) in [5.41, 5.74) is 1.76. The molecule has 4 nitrogen and oxygen atoms in total. The first-order valence-corrected chi connectivity index (χ1v) is 9.11. The lowest BCUT2D eigenvalue weighted by Gasteiger charge is -2.23. The number of nitrogens with zero attached hydrogens (tertiary/aromatic N) is 1. The first-order chi connectivity index (χ1) is 12.1. The Balaban J connectivity index is 1.79. The van der Waals surface area contributed by atoms with Crippen molar-refractivity contribution in [2.45, 2.75) is 18.4 Å². The molecule has 2 aromatic carbocycles. The van der Waals surface area contributed by atoms with Crippen LogP contribution in [-0.4, -0.2) is 35.1 Å². The van der Waals surface area contributed by atoms with Gasteiger partial charge in [-0.15, -0.1) is 0 Å². The van der Waals surface area contributed by atoms with E-state index in [9.17, 15) is 9.59 Å². The predicted molar refractivity (Wildman–Crippen MR) is 103 cm³/mol. The minimum absolute atomic E-state index is 0.0858. The van der Waals surface area contributed by atoms with E-state index in [0.29, 0.717) is 23.7 Å². The smallest absolute Gasteiger partial charge is 0.247 e.